The Labute approximate surface area is 170 Å². The van der Waals surface area contributed by atoms with Gasteiger partial charge >= 0.3 is 0 Å². The van der Waals surface area contributed by atoms with Crippen LogP contribution in [0.25, 0.3) is 0 Å². The highest BCUT2D eigenvalue weighted by atomic mass is 35.5. The molecule has 0 saturated heterocycles. The van der Waals surface area contributed by atoms with Gasteiger partial charge in [-0.05, 0) is 48.9 Å². The number of aromatic nitrogens is 2. The lowest BCUT2D eigenvalue weighted by Gasteiger charge is -2.07. The van der Waals surface area contributed by atoms with Crippen molar-refractivity contribution in [2.24, 2.45) is 0 Å². The molecule has 0 aliphatic rings. The van der Waals surface area contributed by atoms with E-state index < -0.39 is 0 Å². The monoisotopic (exact) mass is 423 g/mol. The molecule has 9 heteroatoms. The van der Waals surface area contributed by atoms with Gasteiger partial charge in [-0.3, -0.25) is 4.79 Å². The fraction of sp³-hybridized carbons (Fsp3) is 0.167. The topological polar surface area (TPSA) is 77.2 Å². The largest absolute Gasteiger partial charge is 0.484 e. The Bertz CT molecular complexity index is 932. The first-order chi connectivity index (χ1) is 13.0. The number of carbonyl (C=O) groups excluding carboxylic acids is 1. The number of benzene rings is 2. The highest BCUT2D eigenvalue weighted by Gasteiger charge is 2.11. The first-order valence-corrected chi connectivity index (χ1v) is 9.63. The number of nitrogens with zero attached hydrogens (tertiary/aromatic N) is 2. The van der Waals surface area contributed by atoms with Gasteiger partial charge in [0.25, 0.3) is 11.1 Å². The summed E-state index contributed by atoms with van der Waals surface area (Å²) in [6.07, 6.45) is 0. The van der Waals surface area contributed by atoms with Crippen molar-refractivity contribution in [3.63, 3.8) is 0 Å². The summed E-state index contributed by atoms with van der Waals surface area (Å²) in [5.74, 6) is 0.898. The Morgan fingerprint density at radius 1 is 1.15 bits per heavy atom. The third kappa shape index (κ3) is 5.89. The van der Waals surface area contributed by atoms with Crippen LogP contribution in [0.1, 0.15) is 11.5 Å². The van der Waals surface area contributed by atoms with Crippen LogP contribution in [0.15, 0.2) is 52.1 Å². The second kappa shape index (κ2) is 9.12. The summed E-state index contributed by atoms with van der Waals surface area (Å²) in [5, 5.41) is 12.1. The Balaban J connectivity index is 1.48. The van der Waals surface area contributed by atoms with Crippen LogP contribution in [0.5, 0.6) is 5.75 Å². The van der Waals surface area contributed by atoms with E-state index in [4.69, 9.17) is 32.4 Å². The number of amides is 1. The number of hydrogen-bond donors (Lipinski definition) is 1. The molecule has 0 aliphatic heterocycles. The lowest BCUT2D eigenvalue weighted by Crippen LogP contribution is -2.14. The summed E-state index contributed by atoms with van der Waals surface area (Å²) >= 11 is 12.9. The number of hydrogen-bond acceptors (Lipinski definition) is 6. The fourth-order valence-corrected chi connectivity index (χ4v) is 2.95. The van der Waals surface area contributed by atoms with Crippen LogP contribution in [-0.2, 0) is 11.4 Å². The molecule has 1 aromatic heterocycles. The molecule has 0 saturated carbocycles. The molecule has 0 radical (unpaired) electrons. The van der Waals surface area contributed by atoms with Crippen LogP contribution in [0.3, 0.4) is 0 Å². The minimum Gasteiger partial charge on any atom is -0.484 e. The number of aryl methyl sites for hydroxylation is 1. The van der Waals surface area contributed by atoms with Crippen molar-refractivity contribution < 1.29 is 13.9 Å². The predicted molar refractivity (Wildman–Crippen MR) is 106 cm³/mol. The van der Waals surface area contributed by atoms with E-state index in [2.05, 4.69) is 15.5 Å². The maximum Gasteiger partial charge on any atom is 0.277 e. The van der Waals surface area contributed by atoms with E-state index in [0.29, 0.717) is 32.6 Å². The number of halogens is 2. The predicted octanol–water partition coefficient (Wildman–Crippen LogP) is 4.99. The molecule has 0 unspecified atom stereocenters. The molecular formula is C18H15Cl2N3O3S. The highest BCUT2D eigenvalue weighted by Crippen LogP contribution is 2.22. The fourth-order valence-electron chi connectivity index (χ4n) is 2.07. The van der Waals surface area contributed by atoms with Gasteiger partial charge in [0, 0.05) is 15.7 Å². The van der Waals surface area contributed by atoms with E-state index in [1.165, 1.54) is 0 Å². The zero-order valence-electron chi connectivity index (χ0n) is 14.2. The maximum atomic E-state index is 12.1. The second-order valence-corrected chi connectivity index (χ2v) is 7.30. The molecule has 2 aromatic carbocycles. The summed E-state index contributed by atoms with van der Waals surface area (Å²) in [5.41, 5.74) is 1.60. The van der Waals surface area contributed by atoms with Crippen LogP contribution < -0.4 is 10.1 Å². The normalized spacial score (nSPS) is 10.6. The average molecular weight is 424 g/mol. The second-order valence-electron chi connectivity index (χ2n) is 5.50. The van der Waals surface area contributed by atoms with Crippen molar-refractivity contribution in [1.29, 1.82) is 0 Å². The Hall–Kier alpha value is -2.22. The summed E-state index contributed by atoms with van der Waals surface area (Å²) in [4.78, 5) is 12.1. The standard InChI is InChI=1S/C18H15Cl2N3O3S/c1-11-2-3-13(20)8-15(11)21-16(24)10-27-18-23-22-17(26-18)9-25-14-6-4-12(19)5-7-14/h2-8H,9-10H2,1H3,(H,21,24). The van der Waals surface area contributed by atoms with Gasteiger partial charge in [-0.2, -0.15) is 0 Å². The van der Waals surface area contributed by atoms with E-state index in [0.717, 1.165) is 17.3 Å². The average Bonchev–Trinajstić information content (AvgIpc) is 3.10. The van der Waals surface area contributed by atoms with Crippen LogP contribution in [0.4, 0.5) is 5.69 Å². The Kier molecular flexibility index (Phi) is 6.60. The van der Waals surface area contributed by atoms with E-state index in [9.17, 15) is 4.79 Å². The molecule has 1 amide bonds. The molecule has 27 heavy (non-hydrogen) atoms. The summed E-state index contributed by atoms with van der Waals surface area (Å²) in [7, 11) is 0. The van der Waals surface area contributed by atoms with Gasteiger partial charge < -0.3 is 14.5 Å². The summed E-state index contributed by atoms with van der Waals surface area (Å²) < 4.78 is 11.0. The SMILES string of the molecule is Cc1ccc(Cl)cc1NC(=O)CSc1nnc(COc2ccc(Cl)cc2)o1. The van der Waals surface area contributed by atoms with Crippen molar-refractivity contribution in [2.45, 2.75) is 18.8 Å². The van der Waals surface area contributed by atoms with Gasteiger partial charge in [-0.15, -0.1) is 10.2 Å². The van der Waals surface area contributed by atoms with E-state index in [-0.39, 0.29) is 18.3 Å². The molecule has 3 rings (SSSR count). The van der Waals surface area contributed by atoms with Crippen LogP contribution in [0.2, 0.25) is 10.0 Å². The molecule has 140 valence electrons. The lowest BCUT2D eigenvalue weighted by molar-refractivity contribution is -0.113. The molecule has 1 heterocycles. The first-order valence-electron chi connectivity index (χ1n) is 7.89. The summed E-state index contributed by atoms with van der Waals surface area (Å²) in [6, 6.07) is 12.3. The Morgan fingerprint density at radius 2 is 1.89 bits per heavy atom. The number of nitrogens with one attached hydrogen (secondary N) is 1. The van der Waals surface area contributed by atoms with Gasteiger partial charge in [-0.25, -0.2) is 0 Å². The minimum absolute atomic E-state index is 0.128. The van der Waals surface area contributed by atoms with Crippen LogP contribution >= 0.6 is 35.0 Å². The van der Waals surface area contributed by atoms with Crippen molar-refractivity contribution >= 4 is 46.6 Å². The van der Waals surface area contributed by atoms with Gasteiger partial charge in [0.15, 0.2) is 6.61 Å². The molecule has 0 bridgehead atoms. The Morgan fingerprint density at radius 3 is 2.67 bits per heavy atom. The molecule has 1 N–H and O–H groups in total. The third-order valence-electron chi connectivity index (χ3n) is 3.42. The van der Waals surface area contributed by atoms with Crippen LogP contribution in [0, 0.1) is 6.92 Å². The smallest absolute Gasteiger partial charge is 0.277 e. The molecule has 3 aromatic rings. The summed E-state index contributed by atoms with van der Waals surface area (Å²) in [6.45, 7) is 2.02. The molecule has 0 spiro atoms. The van der Waals surface area contributed by atoms with Gasteiger partial charge in [-0.1, -0.05) is 41.0 Å². The number of ether oxygens (including phenoxy) is 1. The van der Waals surface area contributed by atoms with Gasteiger partial charge in [0.2, 0.25) is 5.91 Å². The minimum atomic E-state index is -0.192. The van der Waals surface area contributed by atoms with E-state index in [1.54, 1.807) is 36.4 Å². The van der Waals surface area contributed by atoms with Crippen molar-refractivity contribution in [3.8, 4) is 5.75 Å². The number of rotatable bonds is 7. The van der Waals surface area contributed by atoms with Crippen molar-refractivity contribution in [3.05, 3.63) is 64.0 Å². The maximum absolute atomic E-state index is 12.1. The molecule has 0 fully saturated rings. The lowest BCUT2D eigenvalue weighted by atomic mass is 10.2. The third-order valence-corrected chi connectivity index (χ3v) is 4.73. The highest BCUT2D eigenvalue weighted by molar-refractivity contribution is 7.99. The van der Waals surface area contributed by atoms with Crippen molar-refractivity contribution in [2.75, 3.05) is 11.1 Å². The van der Waals surface area contributed by atoms with Crippen LogP contribution in [-0.4, -0.2) is 21.9 Å². The molecule has 0 atom stereocenters. The van der Waals surface area contributed by atoms with Gasteiger partial charge in [0.05, 0.1) is 5.75 Å². The zero-order chi connectivity index (χ0) is 19.2. The van der Waals surface area contributed by atoms with Gasteiger partial charge in [0.1, 0.15) is 5.75 Å². The first kappa shape index (κ1) is 19.5. The zero-order valence-corrected chi connectivity index (χ0v) is 16.6. The molecular weight excluding hydrogens is 409 g/mol. The number of thioether (sulfide) groups is 1. The molecule has 6 nitrogen and oxygen atoms in total. The van der Waals surface area contributed by atoms with E-state index in [1.807, 2.05) is 13.0 Å². The number of carbonyl (C=O) groups is 1. The quantitative estimate of drug-likeness (QED) is 0.539. The molecule has 0 aliphatic carbocycles. The van der Waals surface area contributed by atoms with Crippen molar-refractivity contribution in [1.82, 2.24) is 10.2 Å². The number of anilines is 1. The van der Waals surface area contributed by atoms with E-state index >= 15 is 0 Å².